The molecule has 0 radical (unpaired) electrons. The van der Waals surface area contributed by atoms with Gasteiger partial charge in [-0.05, 0) is 18.8 Å². The molecule has 0 aromatic heterocycles. The molecule has 1 saturated heterocycles. The predicted molar refractivity (Wildman–Crippen MR) is 46.6 cm³/mol. The third kappa shape index (κ3) is 1.65. The number of carbonyl (C=O) groups excluding carboxylic acids is 1. The summed E-state index contributed by atoms with van der Waals surface area (Å²) in [5.74, 6) is -0.696. The third-order valence-corrected chi connectivity index (χ3v) is 2.94. The largest absolute Gasteiger partial charge is 0.480 e. The molecule has 0 aromatic carbocycles. The highest BCUT2D eigenvalue weighted by atomic mass is 16.6. The fraction of sp³-hybridized carbons (Fsp3) is 0.778. The summed E-state index contributed by atoms with van der Waals surface area (Å²) >= 11 is 0. The molecular formula is C9H13NO4. The highest BCUT2D eigenvalue weighted by Gasteiger charge is 2.52. The summed E-state index contributed by atoms with van der Waals surface area (Å²) in [5, 5.41) is 8.63. The van der Waals surface area contributed by atoms with E-state index in [4.69, 9.17) is 15.6 Å². The molecule has 0 bridgehead atoms. The summed E-state index contributed by atoms with van der Waals surface area (Å²) in [6.07, 6.45) is 1.31. The molecule has 4 atom stereocenters. The van der Waals surface area contributed by atoms with Crippen molar-refractivity contribution in [3.05, 3.63) is 0 Å². The Morgan fingerprint density at radius 2 is 2.43 bits per heavy atom. The number of carboxylic acids is 1. The number of nitrogens with two attached hydrogens (primary N) is 1. The highest BCUT2D eigenvalue weighted by Crippen LogP contribution is 2.40. The fourth-order valence-electron chi connectivity index (χ4n) is 2.05. The van der Waals surface area contributed by atoms with Crippen molar-refractivity contribution in [1.82, 2.24) is 0 Å². The van der Waals surface area contributed by atoms with Gasteiger partial charge >= 0.3 is 5.97 Å². The van der Waals surface area contributed by atoms with E-state index in [9.17, 15) is 9.59 Å². The molecule has 2 fully saturated rings. The molecule has 1 aliphatic carbocycles. The van der Waals surface area contributed by atoms with E-state index in [1.165, 1.54) is 0 Å². The Kier molecular flexibility index (Phi) is 2.28. The Morgan fingerprint density at radius 3 is 3.07 bits per heavy atom. The smallest absolute Gasteiger partial charge is 0.320 e. The van der Waals surface area contributed by atoms with Gasteiger partial charge in [0.25, 0.3) is 0 Å². The number of rotatable bonds is 3. The molecule has 2 aliphatic rings. The zero-order valence-electron chi connectivity index (χ0n) is 7.68. The van der Waals surface area contributed by atoms with Crippen molar-refractivity contribution in [2.45, 2.75) is 37.5 Å². The van der Waals surface area contributed by atoms with Crippen LogP contribution in [0.5, 0.6) is 0 Å². The maximum Gasteiger partial charge on any atom is 0.320 e. The van der Waals surface area contributed by atoms with E-state index < -0.39 is 12.0 Å². The van der Waals surface area contributed by atoms with Crippen LogP contribution in [0.1, 0.15) is 19.3 Å². The van der Waals surface area contributed by atoms with Crippen LogP contribution in [0.2, 0.25) is 0 Å². The van der Waals surface area contributed by atoms with Crippen LogP contribution in [0.3, 0.4) is 0 Å². The summed E-state index contributed by atoms with van der Waals surface area (Å²) in [5.41, 5.74) is 5.42. The van der Waals surface area contributed by atoms with Gasteiger partial charge in [0.15, 0.2) is 5.78 Å². The molecule has 5 nitrogen and oxygen atoms in total. The molecule has 78 valence electrons. The average Bonchev–Trinajstić information content (AvgIpc) is 2.89. The standard InChI is InChI=1S/C9H13NO4/c10-5(9(12)13)3-4-1-2-6(11)8-7(4)14-8/h4-5,7-8H,1-3,10H2,(H,12,13)/t4-,5-,7-,8-/m0/s1. The van der Waals surface area contributed by atoms with Crippen LogP contribution in [0.4, 0.5) is 0 Å². The summed E-state index contributed by atoms with van der Waals surface area (Å²) in [4.78, 5) is 21.7. The third-order valence-electron chi connectivity index (χ3n) is 2.94. The number of carbonyl (C=O) groups is 2. The van der Waals surface area contributed by atoms with E-state index in [1.54, 1.807) is 0 Å². The van der Waals surface area contributed by atoms with Gasteiger partial charge in [0.05, 0.1) is 6.10 Å². The molecule has 0 unspecified atom stereocenters. The molecule has 0 aromatic rings. The normalized spacial score (nSPS) is 37.5. The number of ether oxygens (including phenoxy) is 1. The van der Waals surface area contributed by atoms with Crippen molar-refractivity contribution in [3.63, 3.8) is 0 Å². The van der Waals surface area contributed by atoms with Crippen molar-refractivity contribution >= 4 is 11.8 Å². The minimum Gasteiger partial charge on any atom is -0.480 e. The summed E-state index contributed by atoms with van der Waals surface area (Å²) in [6.45, 7) is 0. The molecule has 3 N–H and O–H groups in total. The predicted octanol–water partition coefficient (Wildman–Crippen LogP) is -0.465. The van der Waals surface area contributed by atoms with E-state index in [0.29, 0.717) is 19.3 Å². The van der Waals surface area contributed by atoms with Gasteiger partial charge in [-0.1, -0.05) is 0 Å². The minimum absolute atomic E-state index is 0.0540. The number of epoxide rings is 1. The van der Waals surface area contributed by atoms with Crippen LogP contribution < -0.4 is 5.73 Å². The lowest BCUT2D eigenvalue weighted by Gasteiger charge is -2.19. The van der Waals surface area contributed by atoms with Gasteiger partial charge in [-0.25, -0.2) is 0 Å². The summed E-state index contributed by atoms with van der Waals surface area (Å²) in [7, 11) is 0. The van der Waals surface area contributed by atoms with Crippen LogP contribution >= 0.6 is 0 Å². The van der Waals surface area contributed by atoms with Crippen molar-refractivity contribution in [2.24, 2.45) is 11.7 Å². The zero-order chi connectivity index (χ0) is 10.3. The number of Topliss-reactive ketones (excluding diaryl/α,β-unsaturated/α-hetero) is 1. The Bertz CT molecular complexity index is 278. The number of hydrogen-bond donors (Lipinski definition) is 2. The highest BCUT2D eigenvalue weighted by molar-refractivity contribution is 5.87. The van der Waals surface area contributed by atoms with E-state index in [1.807, 2.05) is 0 Å². The lowest BCUT2D eigenvalue weighted by Crippen LogP contribution is -2.35. The van der Waals surface area contributed by atoms with Crippen LogP contribution in [-0.4, -0.2) is 35.1 Å². The first kappa shape index (κ1) is 9.61. The number of aliphatic carboxylic acids is 1. The molecule has 1 heterocycles. The Hall–Kier alpha value is -0.940. The van der Waals surface area contributed by atoms with Gasteiger partial charge in [0, 0.05) is 6.42 Å². The average molecular weight is 199 g/mol. The topological polar surface area (TPSA) is 92.9 Å². The van der Waals surface area contributed by atoms with Gasteiger partial charge in [0.1, 0.15) is 12.1 Å². The monoisotopic (exact) mass is 199 g/mol. The van der Waals surface area contributed by atoms with E-state index >= 15 is 0 Å². The molecular weight excluding hydrogens is 186 g/mol. The second-order valence-electron chi connectivity index (χ2n) is 3.97. The quantitative estimate of drug-likeness (QED) is 0.599. The van der Waals surface area contributed by atoms with Crippen molar-refractivity contribution in [2.75, 3.05) is 0 Å². The Morgan fingerprint density at radius 1 is 1.71 bits per heavy atom. The van der Waals surface area contributed by atoms with Gasteiger partial charge in [0.2, 0.25) is 0 Å². The van der Waals surface area contributed by atoms with Crippen LogP contribution in [0, 0.1) is 5.92 Å². The van der Waals surface area contributed by atoms with Crippen molar-refractivity contribution in [3.8, 4) is 0 Å². The lowest BCUT2D eigenvalue weighted by molar-refractivity contribution is -0.139. The number of fused-ring (bicyclic) bond motifs is 1. The zero-order valence-corrected chi connectivity index (χ0v) is 7.68. The summed E-state index contributed by atoms with van der Waals surface area (Å²) < 4.78 is 5.19. The summed E-state index contributed by atoms with van der Waals surface area (Å²) in [6, 6.07) is -0.835. The maximum atomic E-state index is 11.1. The fourth-order valence-corrected chi connectivity index (χ4v) is 2.05. The van der Waals surface area contributed by atoms with Crippen LogP contribution in [-0.2, 0) is 14.3 Å². The van der Waals surface area contributed by atoms with Gasteiger partial charge in [-0.2, -0.15) is 0 Å². The second kappa shape index (κ2) is 3.33. The van der Waals surface area contributed by atoms with Crippen LogP contribution in [0.25, 0.3) is 0 Å². The van der Waals surface area contributed by atoms with Gasteiger partial charge in [-0.3, -0.25) is 9.59 Å². The molecule has 14 heavy (non-hydrogen) atoms. The van der Waals surface area contributed by atoms with Crippen molar-refractivity contribution < 1.29 is 19.4 Å². The minimum atomic E-state index is -0.987. The molecule has 1 aliphatic heterocycles. The van der Waals surface area contributed by atoms with E-state index in [-0.39, 0.29) is 23.9 Å². The first-order chi connectivity index (χ1) is 6.59. The number of carboxylic acid groups (broad SMARTS) is 1. The molecule has 0 amide bonds. The molecule has 5 heteroatoms. The Balaban J connectivity index is 1.88. The molecule has 0 spiro atoms. The van der Waals surface area contributed by atoms with Gasteiger partial charge < -0.3 is 15.6 Å². The Labute approximate surface area is 81.2 Å². The number of hydrogen-bond acceptors (Lipinski definition) is 4. The maximum absolute atomic E-state index is 11.1. The lowest BCUT2D eigenvalue weighted by atomic mass is 9.84. The van der Waals surface area contributed by atoms with E-state index in [0.717, 1.165) is 0 Å². The van der Waals surface area contributed by atoms with Crippen LogP contribution in [0.15, 0.2) is 0 Å². The first-order valence-corrected chi connectivity index (χ1v) is 4.76. The van der Waals surface area contributed by atoms with Gasteiger partial charge in [-0.15, -0.1) is 0 Å². The van der Waals surface area contributed by atoms with Crippen molar-refractivity contribution in [1.29, 1.82) is 0 Å². The number of ketones is 1. The molecule has 2 rings (SSSR count). The van der Waals surface area contributed by atoms with E-state index in [2.05, 4.69) is 0 Å². The second-order valence-corrected chi connectivity index (χ2v) is 3.97. The molecule has 1 saturated carbocycles. The first-order valence-electron chi connectivity index (χ1n) is 4.76. The SMILES string of the molecule is N[C@@H](C[C@@H]1CCC(=O)[C@@H]2O[C@@H]12)C(=O)O.